The van der Waals surface area contributed by atoms with Crippen LogP contribution < -0.4 is 0 Å². The molecule has 0 aromatic carbocycles. The summed E-state index contributed by atoms with van der Waals surface area (Å²) >= 11 is 0. The summed E-state index contributed by atoms with van der Waals surface area (Å²) in [4.78, 5) is 0. The SMILES string of the molecule is CC1CC23C[C@@H]2CCC13.[HH]. The average Bonchev–Trinajstić information content (AvgIpc) is 2.41. The van der Waals surface area contributed by atoms with Gasteiger partial charge in [0.05, 0.1) is 0 Å². The fraction of sp³-hybridized carbons (Fsp3) is 1.00. The molecular formula is C9H16. The average molecular weight is 124 g/mol. The van der Waals surface area contributed by atoms with E-state index in [0.717, 1.165) is 11.3 Å². The molecule has 0 aromatic heterocycles. The van der Waals surface area contributed by atoms with Gasteiger partial charge in [-0.3, -0.25) is 0 Å². The summed E-state index contributed by atoms with van der Waals surface area (Å²) in [7, 11) is 0. The third kappa shape index (κ3) is 0.342. The molecule has 1 spiro atoms. The van der Waals surface area contributed by atoms with E-state index in [1.807, 2.05) is 0 Å². The van der Waals surface area contributed by atoms with Crippen LogP contribution in [0.25, 0.3) is 0 Å². The lowest BCUT2D eigenvalue weighted by molar-refractivity contribution is 0.0753. The van der Waals surface area contributed by atoms with Crippen LogP contribution in [0.1, 0.15) is 34.0 Å². The first-order valence-electron chi connectivity index (χ1n) is 4.33. The minimum atomic E-state index is 0. The van der Waals surface area contributed by atoms with Gasteiger partial charge in [0.1, 0.15) is 0 Å². The maximum atomic E-state index is 2.44. The Bertz CT molecular complexity index is 164. The van der Waals surface area contributed by atoms with Crippen molar-refractivity contribution < 1.29 is 1.43 Å². The molecule has 0 nitrogen and oxygen atoms in total. The minimum absolute atomic E-state index is 0. The summed E-state index contributed by atoms with van der Waals surface area (Å²) in [6, 6.07) is 0. The van der Waals surface area contributed by atoms with Crippen LogP contribution in [0, 0.1) is 23.2 Å². The van der Waals surface area contributed by atoms with Gasteiger partial charge in [0.2, 0.25) is 0 Å². The Kier molecular flexibility index (Phi) is 0.574. The van der Waals surface area contributed by atoms with Crippen LogP contribution in [0.4, 0.5) is 0 Å². The Balaban J connectivity index is 0.000000403. The maximum Gasteiger partial charge on any atom is 0 e. The third-order valence-corrected chi connectivity index (χ3v) is 4.23. The van der Waals surface area contributed by atoms with E-state index in [-0.39, 0.29) is 1.43 Å². The molecule has 0 bridgehead atoms. The van der Waals surface area contributed by atoms with E-state index in [1.165, 1.54) is 11.8 Å². The molecule has 52 valence electrons. The van der Waals surface area contributed by atoms with E-state index in [1.54, 1.807) is 25.7 Å². The first-order chi connectivity index (χ1) is 4.33. The van der Waals surface area contributed by atoms with Gasteiger partial charge in [0, 0.05) is 1.43 Å². The number of hydrogen-bond donors (Lipinski definition) is 0. The standard InChI is InChI=1S/C9H14.H2/c1-6-4-9-5-7(9)2-3-8(6)9;/h6-8H,2-5H2,1H3;1H/t6?,7-,8?,9?;/m0./s1. The van der Waals surface area contributed by atoms with Gasteiger partial charge in [-0.15, -0.1) is 0 Å². The summed E-state index contributed by atoms with van der Waals surface area (Å²) in [6.45, 7) is 2.44. The zero-order valence-corrected chi connectivity index (χ0v) is 6.06. The Labute approximate surface area is 58.1 Å². The first-order valence-corrected chi connectivity index (χ1v) is 4.33. The van der Waals surface area contributed by atoms with Crippen LogP contribution in [-0.4, -0.2) is 0 Å². The molecule has 3 rings (SSSR count). The van der Waals surface area contributed by atoms with Crippen molar-refractivity contribution in [1.82, 2.24) is 0 Å². The lowest BCUT2D eigenvalue weighted by Gasteiger charge is -2.41. The van der Waals surface area contributed by atoms with Crippen molar-refractivity contribution >= 4 is 0 Å². The van der Waals surface area contributed by atoms with Gasteiger partial charge in [0.25, 0.3) is 0 Å². The number of hydrogen-bond acceptors (Lipinski definition) is 0. The molecule has 3 saturated carbocycles. The highest BCUT2D eigenvalue weighted by Gasteiger charge is 2.69. The molecule has 0 amide bonds. The Morgan fingerprint density at radius 3 is 2.67 bits per heavy atom. The first kappa shape index (κ1) is 4.76. The second-order valence-electron chi connectivity index (χ2n) is 4.50. The van der Waals surface area contributed by atoms with Gasteiger partial charge in [-0.2, -0.15) is 0 Å². The summed E-state index contributed by atoms with van der Waals surface area (Å²) in [5.41, 5.74) is 0.972. The quantitative estimate of drug-likeness (QED) is 0.465. The molecule has 3 fully saturated rings. The third-order valence-electron chi connectivity index (χ3n) is 4.23. The predicted molar refractivity (Wildman–Crippen MR) is 39.2 cm³/mol. The van der Waals surface area contributed by atoms with E-state index in [0.29, 0.717) is 0 Å². The van der Waals surface area contributed by atoms with E-state index in [4.69, 9.17) is 0 Å². The molecule has 0 radical (unpaired) electrons. The van der Waals surface area contributed by atoms with Gasteiger partial charge in [0.15, 0.2) is 0 Å². The Hall–Kier alpha value is 0. The van der Waals surface area contributed by atoms with Crippen molar-refractivity contribution in [2.24, 2.45) is 23.2 Å². The summed E-state index contributed by atoms with van der Waals surface area (Å²) in [6.07, 6.45) is 6.35. The van der Waals surface area contributed by atoms with E-state index in [9.17, 15) is 0 Å². The molecule has 3 aliphatic rings. The molecule has 3 unspecified atom stereocenters. The summed E-state index contributed by atoms with van der Waals surface area (Å²) in [5.74, 6) is 3.48. The highest BCUT2D eigenvalue weighted by atomic mass is 14.7. The van der Waals surface area contributed by atoms with Crippen molar-refractivity contribution in [3.63, 3.8) is 0 Å². The zero-order valence-electron chi connectivity index (χ0n) is 6.06. The molecule has 0 heteroatoms. The lowest BCUT2D eigenvalue weighted by Crippen LogP contribution is -2.34. The van der Waals surface area contributed by atoms with Gasteiger partial charge < -0.3 is 0 Å². The predicted octanol–water partition coefficient (Wildman–Crippen LogP) is 2.69. The molecule has 9 heavy (non-hydrogen) atoms. The smallest absolute Gasteiger partial charge is 0 e. The van der Waals surface area contributed by atoms with Crippen molar-refractivity contribution in [3.05, 3.63) is 0 Å². The molecule has 0 heterocycles. The van der Waals surface area contributed by atoms with E-state index in [2.05, 4.69) is 6.92 Å². The molecule has 3 aliphatic carbocycles. The van der Waals surface area contributed by atoms with Crippen molar-refractivity contribution in [1.29, 1.82) is 0 Å². The van der Waals surface area contributed by atoms with Crippen LogP contribution in [-0.2, 0) is 0 Å². The van der Waals surface area contributed by atoms with E-state index < -0.39 is 0 Å². The summed E-state index contributed by atoms with van der Waals surface area (Å²) in [5, 5.41) is 0. The van der Waals surface area contributed by atoms with Crippen molar-refractivity contribution in [3.8, 4) is 0 Å². The van der Waals surface area contributed by atoms with Crippen LogP contribution in [0.2, 0.25) is 0 Å². The van der Waals surface area contributed by atoms with Crippen LogP contribution >= 0.6 is 0 Å². The molecule has 0 aliphatic heterocycles. The zero-order chi connectivity index (χ0) is 6.06. The van der Waals surface area contributed by atoms with Gasteiger partial charge in [-0.05, 0) is 48.9 Å². The minimum Gasteiger partial charge on any atom is -0.0622 e. The van der Waals surface area contributed by atoms with Gasteiger partial charge in [-0.25, -0.2) is 0 Å². The lowest BCUT2D eigenvalue weighted by atomic mass is 9.63. The largest absolute Gasteiger partial charge is 0.0622 e. The van der Waals surface area contributed by atoms with Gasteiger partial charge >= 0.3 is 0 Å². The van der Waals surface area contributed by atoms with E-state index >= 15 is 0 Å². The second-order valence-corrected chi connectivity index (χ2v) is 4.50. The fourth-order valence-corrected chi connectivity index (χ4v) is 3.75. The maximum absolute atomic E-state index is 2.44. The van der Waals surface area contributed by atoms with Crippen LogP contribution in [0.3, 0.4) is 0 Å². The molecular weight excluding hydrogens is 108 g/mol. The fourth-order valence-electron chi connectivity index (χ4n) is 3.75. The molecule has 0 aromatic rings. The molecule has 0 N–H and O–H groups in total. The van der Waals surface area contributed by atoms with Crippen LogP contribution in [0.15, 0.2) is 0 Å². The summed E-state index contributed by atoms with van der Waals surface area (Å²) < 4.78 is 0. The van der Waals surface area contributed by atoms with Crippen LogP contribution in [0.5, 0.6) is 0 Å². The monoisotopic (exact) mass is 124 g/mol. The Morgan fingerprint density at radius 2 is 2.22 bits per heavy atom. The number of rotatable bonds is 0. The topological polar surface area (TPSA) is 0 Å². The Morgan fingerprint density at radius 1 is 1.33 bits per heavy atom. The highest BCUT2D eigenvalue weighted by molar-refractivity contribution is 5.18. The van der Waals surface area contributed by atoms with Crippen molar-refractivity contribution in [2.45, 2.75) is 32.6 Å². The second kappa shape index (κ2) is 1.09. The molecule has 0 saturated heterocycles. The van der Waals surface area contributed by atoms with Crippen molar-refractivity contribution in [2.75, 3.05) is 0 Å². The molecule has 4 atom stereocenters. The highest BCUT2D eigenvalue weighted by Crippen LogP contribution is 2.77. The normalized spacial score (nSPS) is 68.3. The van der Waals surface area contributed by atoms with Gasteiger partial charge in [-0.1, -0.05) is 6.92 Å².